The molecule has 298 valence electrons. The summed E-state index contributed by atoms with van der Waals surface area (Å²) in [6, 6.07) is 65.2. The molecule has 13 rings (SSSR count). The van der Waals surface area contributed by atoms with Gasteiger partial charge in [-0.05, 0) is 65.7 Å². The molecule has 4 aromatic heterocycles. The van der Waals surface area contributed by atoms with Crippen LogP contribution in [-0.2, 0) is 0 Å². The van der Waals surface area contributed by atoms with Gasteiger partial charge in [0.15, 0.2) is 22.5 Å². The summed E-state index contributed by atoms with van der Waals surface area (Å²) < 4.78 is 22.6. The van der Waals surface area contributed by atoms with Crippen molar-refractivity contribution in [2.24, 2.45) is 0 Å². The van der Waals surface area contributed by atoms with Gasteiger partial charge in [-0.15, -0.1) is 0 Å². The number of ether oxygens (including phenoxy) is 1. The second-order valence-electron chi connectivity index (χ2n) is 16.0. The van der Waals surface area contributed by atoms with E-state index in [1.807, 2.05) is 48.7 Å². The van der Waals surface area contributed by atoms with Crippen molar-refractivity contribution in [3.63, 3.8) is 0 Å². The number of aromatic nitrogens is 2. The molecule has 0 saturated carbocycles. The van der Waals surface area contributed by atoms with Crippen LogP contribution in [0.2, 0.25) is 0 Å². The fraction of sp³-hybridized carbons (Fsp3) is 0.0179. The van der Waals surface area contributed by atoms with E-state index in [0.717, 1.165) is 94.0 Å². The summed E-state index contributed by atoms with van der Waals surface area (Å²) in [5, 5.41) is 6.22. The van der Waals surface area contributed by atoms with E-state index in [2.05, 4.69) is 172 Å². The van der Waals surface area contributed by atoms with Crippen molar-refractivity contribution in [3.8, 4) is 39.6 Å². The lowest BCUT2D eigenvalue weighted by atomic mass is 9.95. The second kappa shape index (κ2) is 14.0. The van der Waals surface area contributed by atoms with Crippen molar-refractivity contribution in [1.82, 2.24) is 9.55 Å². The maximum absolute atomic E-state index is 7.03. The van der Waals surface area contributed by atoms with Gasteiger partial charge in [-0.25, -0.2) is 4.98 Å². The Balaban J connectivity index is 0.972. The maximum Gasteiger partial charge on any atom is 0.178 e. The van der Waals surface area contributed by atoms with Crippen LogP contribution in [0.3, 0.4) is 0 Å². The van der Waals surface area contributed by atoms with Crippen LogP contribution in [-0.4, -0.2) is 16.2 Å². The molecule has 0 bridgehead atoms. The highest BCUT2D eigenvalue weighted by atomic mass is 16.5. The highest BCUT2D eigenvalue weighted by Crippen LogP contribution is 2.46. The molecular weight excluding hydrogens is 777 g/mol. The number of hydrogen-bond donors (Lipinski definition) is 0. The molecule has 7 heteroatoms. The number of nitrogens with zero attached hydrogens (tertiary/aromatic N) is 4. The first-order chi connectivity index (χ1) is 31.2. The Morgan fingerprint density at radius 2 is 1.11 bits per heavy atom. The average molecular weight is 813 g/mol. The SMILES string of the molecule is C1=CN(c2c(-c3ccccc3)cccc2-c2ccccc2)CN1c1cc(Oc2ccc3c4ccccc4n(-c4ccccn4)c3c2)c2oc3c(ccc4c5ccccc5oc43)c2c1. The third-order valence-corrected chi connectivity index (χ3v) is 12.3. The fourth-order valence-corrected chi connectivity index (χ4v) is 9.47. The summed E-state index contributed by atoms with van der Waals surface area (Å²) in [6.45, 7) is 0.578. The van der Waals surface area contributed by atoms with E-state index in [1.54, 1.807) is 0 Å². The first-order valence-corrected chi connectivity index (χ1v) is 21.1. The molecule has 1 aliphatic rings. The van der Waals surface area contributed by atoms with E-state index >= 15 is 0 Å². The molecular formula is C56H36N4O3. The number of hydrogen-bond acceptors (Lipinski definition) is 6. The highest BCUT2D eigenvalue weighted by Gasteiger charge is 2.26. The van der Waals surface area contributed by atoms with Crippen LogP contribution in [0.15, 0.2) is 215 Å². The molecule has 63 heavy (non-hydrogen) atoms. The van der Waals surface area contributed by atoms with Gasteiger partial charge < -0.3 is 23.4 Å². The molecule has 1 aliphatic heterocycles. The van der Waals surface area contributed by atoms with Crippen LogP contribution >= 0.6 is 0 Å². The molecule has 0 amide bonds. The van der Waals surface area contributed by atoms with Crippen molar-refractivity contribution < 1.29 is 13.6 Å². The van der Waals surface area contributed by atoms with Crippen molar-refractivity contribution in [3.05, 3.63) is 207 Å². The number of rotatable bonds is 7. The molecule has 12 aromatic rings. The van der Waals surface area contributed by atoms with Gasteiger partial charge in [0.05, 0.1) is 23.4 Å². The van der Waals surface area contributed by atoms with E-state index in [-0.39, 0.29) is 0 Å². The Bertz CT molecular complexity index is 3700. The van der Waals surface area contributed by atoms with E-state index in [4.69, 9.17) is 18.6 Å². The fourth-order valence-electron chi connectivity index (χ4n) is 9.47. The van der Waals surface area contributed by atoms with Crippen LogP contribution < -0.4 is 14.5 Å². The smallest absolute Gasteiger partial charge is 0.178 e. The molecule has 8 aromatic carbocycles. The van der Waals surface area contributed by atoms with Crippen LogP contribution in [0, 0.1) is 0 Å². The monoisotopic (exact) mass is 812 g/mol. The van der Waals surface area contributed by atoms with Crippen LogP contribution in [0.25, 0.3) is 93.8 Å². The summed E-state index contributed by atoms with van der Waals surface area (Å²) in [5.41, 5.74) is 11.7. The zero-order valence-electron chi connectivity index (χ0n) is 33.9. The number of furan rings is 2. The molecule has 0 atom stereocenters. The summed E-state index contributed by atoms with van der Waals surface area (Å²) >= 11 is 0. The van der Waals surface area contributed by atoms with Gasteiger partial charge in [0, 0.05) is 79.9 Å². The normalized spacial score (nSPS) is 12.9. The average Bonchev–Trinajstić information content (AvgIpc) is 4.14. The van der Waals surface area contributed by atoms with Crippen LogP contribution in [0.1, 0.15) is 0 Å². The van der Waals surface area contributed by atoms with E-state index in [9.17, 15) is 0 Å². The van der Waals surface area contributed by atoms with Crippen molar-refractivity contribution in [2.45, 2.75) is 0 Å². The van der Waals surface area contributed by atoms with E-state index < -0.39 is 0 Å². The minimum atomic E-state index is 0.578. The summed E-state index contributed by atoms with van der Waals surface area (Å²) in [7, 11) is 0. The van der Waals surface area contributed by atoms with Gasteiger partial charge in [0.2, 0.25) is 0 Å². The van der Waals surface area contributed by atoms with Gasteiger partial charge in [0.25, 0.3) is 0 Å². The Kier molecular flexibility index (Phi) is 7.83. The number of anilines is 2. The van der Waals surface area contributed by atoms with Gasteiger partial charge in [-0.1, -0.05) is 121 Å². The van der Waals surface area contributed by atoms with E-state index in [1.165, 1.54) is 0 Å². The lowest BCUT2D eigenvalue weighted by molar-refractivity contribution is 0.477. The highest BCUT2D eigenvalue weighted by molar-refractivity contribution is 6.20. The predicted octanol–water partition coefficient (Wildman–Crippen LogP) is 14.9. The Hall–Kier alpha value is -8.55. The maximum atomic E-state index is 7.03. The second-order valence-corrected chi connectivity index (χ2v) is 16.0. The number of para-hydroxylation sites is 3. The zero-order valence-corrected chi connectivity index (χ0v) is 33.9. The molecule has 0 spiro atoms. The van der Waals surface area contributed by atoms with Crippen LogP contribution in [0.5, 0.6) is 11.5 Å². The summed E-state index contributed by atoms with van der Waals surface area (Å²) in [5.74, 6) is 2.12. The molecule has 7 nitrogen and oxygen atoms in total. The van der Waals surface area contributed by atoms with Crippen molar-refractivity contribution in [1.29, 1.82) is 0 Å². The number of benzene rings is 8. The Morgan fingerprint density at radius 3 is 1.89 bits per heavy atom. The molecule has 0 radical (unpaired) electrons. The first-order valence-electron chi connectivity index (χ1n) is 21.1. The van der Waals surface area contributed by atoms with Crippen molar-refractivity contribution >= 4 is 77.1 Å². The summed E-state index contributed by atoms with van der Waals surface area (Å²) in [6.07, 6.45) is 6.16. The Labute approximate surface area is 361 Å². The third kappa shape index (κ3) is 5.64. The first kappa shape index (κ1) is 35.2. The Morgan fingerprint density at radius 1 is 0.460 bits per heavy atom. The standard InChI is InChI=1S/C56H36N4O3/c1-3-14-36(15-4-1)40-20-13-21-41(37-16-5-2-6-17-37)53(40)59-31-30-58(35-59)38-32-47-46-28-27-45-44-19-8-10-23-50(44)62-55(45)56(46)63-54(47)51(33-38)61-39-25-26-43-42-18-7-9-22-48(42)60(49(43)34-39)52-24-11-12-29-57-52/h1-34H,35H2. The number of pyridine rings is 1. The lowest BCUT2D eigenvalue weighted by Gasteiger charge is -2.26. The molecule has 0 fully saturated rings. The lowest BCUT2D eigenvalue weighted by Crippen LogP contribution is -2.25. The molecule has 0 saturated heterocycles. The van der Waals surface area contributed by atoms with Gasteiger partial charge in [-0.2, -0.15) is 0 Å². The zero-order chi connectivity index (χ0) is 41.4. The molecule has 0 unspecified atom stereocenters. The largest absolute Gasteiger partial charge is 0.453 e. The predicted molar refractivity (Wildman–Crippen MR) is 256 cm³/mol. The van der Waals surface area contributed by atoms with Crippen molar-refractivity contribution in [2.75, 3.05) is 16.5 Å². The third-order valence-electron chi connectivity index (χ3n) is 12.3. The quantitative estimate of drug-likeness (QED) is 0.160. The topological polar surface area (TPSA) is 59.8 Å². The molecule has 0 aliphatic carbocycles. The summed E-state index contributed by atoms with van der Waals surface area (Å²) in [4.78, 5) is 9.36. The van der Waals surface area contributed by atoms with E-state index in [0.29, 0.717) is 29.3 Å². The molecule has 5 heterocycles. The minimum Gasteiger partial charge on any atom is -0.453 e. The van der Waals surface area contributed by atoms with Gasteiger partial charge >= 0.3 is 0 Å². The van der Waals surface area contributed by atoms with Crippen LogP contribution in [0.4, 0.5) is 11.4 Å². The van der Waals surface area contributed by atoms with Gasteiger partial charge in [-0.3, -0.25) is 4.57 Å². The minimum absolute atomic E-state index is 0.578. The number of fused-ring (bicyclic) bond motifs is 10. The molecule has 0 N–H and O–H groups in total. The van der Waals surface area contributed by atoms with Gasteiger partial charge in [0.1, 0.15) is 17.2 Å².